The lowest BCUT2D eigenvalue weighted by Gasteiger charge is -1.95. The Morgan fingerprint density at radius 3 is 1.35 bits per heavy atom. The highest BCUT2D eigenvalue weighted by Crippen LogP contribution is 2.04. The summed E-state index contributed by atoms with van der Waals surface area (Å²) in [7, 11) is 0. The summed E-state index contributed by atoms with van der Waals surface area (Å²) < 4.78 is 0. The van der Waals surface area contributed by atoms with Gasteiger partial charge in [-0.1, -0.05) is 6.07 Å². The molecule has 0 aliphatic carbocycles. The SMILES string of the molecule is O=C(O)C=CC(=O)O.O=C(O)c1cccc(C(=O)O)c1. The highest BCUT2D eigenvalue weighted by atomic mass is 16.4. The van der Waals surface area contributed by atoms with Crippen molar-refractivity contribution in [1.82, 2.24) is 0 Å². The van der Waals surface area contributed by atoms with E-state index in [1.165, 1.54) is 18.2 Å². The first-order valence-electron chi connectivity index (χ1n) is 4.94. The van der Waals surface area contributed by atoms with E-state index in [4.69, 9.17) is 20.4 Å². The van der Waals surface area contributed by atoms with E-state index in [0.717, 1.165) is 6.07 Å². The van der Waals surface area contributed by atoms with Gasteiger partial charge in [0.25, 0.3) is 0 Å². The smallest absolute Gasteiger partial charge is 0.335 e. The number of benzene rings is 1. The van der Waals surface area contributed by atoms with Crippen molar-refractivity contribution in [3.8, 4) is 0 Å². The lowest BCUT2D eigenvalue weighted by atomic mass is 10.1. The third-order valence-electron chi connectivity index (χ3n) is 1.72. The summed E-state index contributed by atoms with van der Waals surface area (Å²) >= 11 is 0. The average molecular weight is 282 g/mol. The number of aromatic carboxylic acids is 2. The molecule has 0 aromatic heterocycles. The molecule has 0 aliphatic heterocycles. The Hall–Kier alpha value is -3.16. The van der Waals surface area contributed by atoms with E-state index in [1.54, 1.807) is 0 Å². The molecule has 0 unspecified atom stereocenters. The molecule has 0 amide bonds. The highest BCUT2D eigenvalue weighted by molar-refractivity contribution is 5.93. The number of hydrogen-bond donors (Lipinski definition) is 4. The Bertz CT molecular complexity index is 513. The van der Waals surface area contributed by atoms with Gasteiger partial charge in [0.15, 0.2) is 0 Å². The van der Waals surface area contributed by atoms with Crippen LogP contribution in [0.15, 0.2) is 36.4 Å². The summed E-state index contributed by atoms with van der Waals surface area (Å²) in [6.07, 6.45) is 1.12. The summed E-state index contributed by atoms with van der Waals surface area (Å²) in [5.41, 5.74) is -0.0372. The molecule has 0 aliphatic rings. The van der Waals surface area contributed by atoms with E-state index in [0.29, 0.717) is 12.2 Å². The third kappa shape index (κ3) is 7.22. The number of aliphatic carboxylic acids is 2. The maximum atomic E-state index is 10.4. The molecular formula is C12H10O8. The molecule has 0 bridgehead atoms. The van der Waals surface area contributed by atoms with Gasteiger partial charge in [-0.15, -0.1) is 0 Å². The minimum absolute atomic E-state index is 0.0186. The zero-order valence-corrected chi connectivity index (χ0v) is 9.89. The summed E-state index contributed by atoms with van der Waals surface area (Å²) in [5, 5.41) is 32.6. The molecular weight excluding hydrogens is 272 g/mol. The van der Waals surface area contributed by atoms with Crippen LogP contribution in [0.5, 0.6) is 0 Å². The summed E-state index contributed by atoms with van der Waals surface area (Å²) in [4.78, 5) is 39.9. The molecule has 8 nitrogen and oxygen atoms in total. The number of carboxylic acids is 4. The van der Waals surface area contributed by atoms with E-state index in [9.17, 15) is 19.2 Å². The monoisotopic (exact) mass is 282 g/mol. The van der Waals surface area contributed by atoms with E-state index >= 15 is 0 Å². The minimum Gasteiger partial charge on any atom is -0.478 e. The minimum atomic E-state index is -1.26. The lowest BCUT2D eigenvalue weighted by molar-refractivity contribution is -0.134. The maximum absolute atomic E-state index is 10.4. The Morgan fingerprint density at radius 1 is 0.750 bits per heavy atom. The Balaban J connectivity index is 0.000000396. The van der Waals surface area contributed by atoms with Crippen LogP contribution >= 0.6 is 0 Å². The molecule has 20 heavy (non-hydrogen) atoms. The first-order chi connectivity index (χ1) is 9.23. The molecule has 8 heteroatoms. The van der Waals surface area contributed by atoms with Gasteiger partial charge in [-0.25, -0.2) is 19.2 Å². The molecule has 1 aromatic carbocycles. The van der Waals surface area contributed by atoms with E-state index in [-0.39, 0.29) is 11.1 Å². The average Bonchev–Trinajstić information content (AvgIpc) is 2.37. The van der Waals surface area contributed by atoms with Gasteiger partial charge >= 0.3 is 23.9 Å². The molecule has 1 rings (SSSR count). The number of rotatable bonds is 4. The lowest BCUT2D eigenvalue weighted by Crippen LogP contribution is -2.01. The van der Waals surface area contributed by atoms with Crippen molar-refractivity contribution in [1.29, 1.82) is 0 Å². The van der Waals surface area contributed by atoms with Crippen molar-refractivity contribution in [3.63, 3.8) is 0 Å². The van der Waals surface area contributed by atoms with Gasteiger partial charge in [-0.3, -0.25) is 0 Å². The van der Waals surface area contributed by atoms with Crippen LogP contribution in [-0.2, 0) is 9.59 Å². The van der Waals surface area contributed by atoms with Crippen LogP contribution in [0.25, 0.3) is 0 Å². The third-order valence-corrected chi connectivity index (χ3v) is 1.72. The van der Waals surface area contributed by atoms with Crippen LogP contribution in [0.1, 0.15) is 20.7 Å². The van der Waals surface area contributed by atoms with Crippen molar-refractivity contribution < 1.29 is 39.6 Å². The molecule has 0 spiro atoms. The second kappa shape index (κ2) is 8.03. The zero-order chi connectivity index (χ0) is 15.7. The first-order valence-corrected chi connectivity index (χ1v) is 4.94. The van der Waals surface area contributed by atoms with Crippen molar-refractivity contribution in [2.45, 2.75) is 0 Å². The van der Waals surface area contributed by atoms with Crippen LogP contribution < -0.4 is 0 Å². The fourth-order valence-corrected chi connectivity index (χ4v) is 0.928. The van der Waals surface area contributed by atoms with Crippen molar-refractivity contribution in [2.75, 3.05) is 0 Å². The van der Waals surface area contributed by atoms with Gasteiger partial charge < -0.3 is 20.4 Å². The second-order valence-corrected chi connectivity index (χ2v) is 3.20. The fraction of sp³-hybridized carbons (Fsp3) is 0. The molecule has 0 saturated heterocycles. The maximum Gasteiger partial charge on any atom is 0.335 e. The van der Waals surface area contributed by atoms with Crippen molar-refractivity contribution in [2.24, 2.45) is 0 Å². The summed E-state index contributed by atoms with van der Waals surface area (Å²) in [5.74, 6) is -4.77. The Kier molecular flexibility index (Phi) is 6.76. The van der Waals surface area contributed by atoms with Crippen molar-refractivity contribution >= 4 is 23.9 Å². The summed E-state index contributed by atoms with van der Waals surface area (Å²) in [6, 6.07) is 5.20. The molecule has 0 saturated carbocycles. The normalized spacial score (nSPS) is 9.40. The van der Waals surface area contributed by atoms with Crippen LogP contribution in [0.2, 0.25) is 0 Å². The fourth-order valence-electron chi connectivity index (χ4n) is 0.928. The van der Waals surface area contributed by atoms with E-state index < -0.39 is 23.9 Å². The second-order valence-electron chi connectivity index (χ2n) is 3.20. The quantitative estimate of drug-likeness (QED) is 0.592. The van der Waals surface area contributed by atoms with Crippen LogP contribution in [0.4, 0.5) is 0 Å². The Labute approximate surface area is 112 Å². The van der Waals surface area contributed by atoms with Gasteiger partial charge in [0.2, 0.25) is 0 Å². The molecule has 4 N–H and O–H groups in total. The van der Waals surface area contributed by atoms with Gasteiger partial charge in [0, 0.05) is 12.2 Å². The predicted molar refractivity (Wildman–Crippen MR) is 64.8 cm³/mol. The summed E-state index contributed by atoms with van der Waals surface area (Å²) in [6.45, 7) is 0. The largest absolute Gasteiger partial charge is 0.478 e. The van der Waals surface area contributed by atoms with Gasteiger partial charge in [-0.2, -0.15) is 0 Å². The zero-order valence-electron chi connectivity index (χ0n) is 9.89. The first kappa shape index (κ1) is 16.8. The van der Waals surface area contributed by atoms with Crippen LogP contribution in [0, 0.1) is 0 Å². The van der Waals surface area contributed by atoms with Crippen molar-refractivity contribution in [3.05, 3.63) is 47.5 Å². The standard InChI is InChI=1S/C8H6O4.C4H4O4/c9-7(10)5-2-1-3-6(4-5)8(11)12;5-3(6)1-2-4(7)8/h1-4H,(H,9,10)(H,11,12);1-2H,(H,5,6)(H,7,8). The van der Waals surface area contributed by atoms with Crippen LogP contribution in [0.3, 0.4) is 0 Å². The molecule has 106 valence electrons. The highest BCUT2D eigenvalue weighted by Gasteiger charge is 2.06. The molecule has 0 fully saturated rings. The number of hydrogen-bond acceptors (Lipinski definition) is 4. The topological polar surface area (TPSA) is 149 Å². The predicted octanol–water partition coefficient (Wildman–Crippen LogP) is 0.795. The number of carboxylic acid groups (broad SMARTS) is 4. The molecule has 1 aromatic rings. The van der Waals surface area contributed by atoms with E-state index in [1.807, 2.05) is 0 Å². The van der Waals surface area contributed by atoms with E-state index in [2.05, 4.69) is 0 Å². The molecule has 0 heterocycles. The number of carbonyl (C=O) groups is 4. The van der Waals surface area contributed by atoms with Gasteiger partial charge in [0.1, 0.15) is 0 Å². The van der Waals surface area contributed by atoms with Gasteiger partial charge in [0.05, 0.1) is 11.1 Å². The Morgan fingerprint density at radius 2 is 1.10 bits per heavy atom. The molecule has 0 radical (unpaired) electrons. The van der Waals surface area contributed by atoms with Gasteiger partial charge in [-0.05, 0) is 18.2 Å². The van der Waals surface area contributed by atoms with Crippen LogP contribution in [-0.4, -0.2) is 44.3 Å². The molecule has 0 atom stereocenters.